The number of nitrogens with one attached hydrogen (secondary N) is 1. The van der Waals surface area contributed by atoms with Crippen LogP contribution < -0.4 is 15.8 Å². The fourth-order valence-electron chi connectivity index (χ4n) is 1.81. The van der Waals surface area contributed by atoms with Gasteiger partial charge in [0, 0.05) is 0 Å². The minimum Gasteiger partial charge on any atom is -0.503 e. The summed E-state index contributed by atoms with van der Waals surface area (Å²) in [4.78, 5) is 22.7. The van der Waals surface area contributed by atoms with Crippen molar-refractivity contribution in [3.8, 4) is 11.5 Å². The van der Waals surface area contributed by atoms with Gasteiger partial charge in [-0.2, -0.15) is 0 Å². The van der Waals surface area contributed by atoms with Crippen molar-refractivity contribution in [2.24, 2.45) is 5.73 Å². The van der Waals surface area contributed by atoms with Crippen molar-refractivity contribution in [1.29, 1.82) is 0 Å². The van der Waals surface area contributed by atoms with Crippen LogP contribution in [0.25, 0.3) is 0 Å². The van der Waals surface area contributed by atoms with Crippen LogP contribution in [0.15, 0.2) is 12.1 Å². The third kappa shape index (κ3) is 5.00. The zero-order valence-electron chi connectivity index (χ0n) is 13.9. The van der Waals surface area contributed by atoms with E-state index < -0.39 is 35.6 Å². The van der Waals surface area contributed by atoms with Gasteiger partial charge in [-0.25, -0.2) is 4.79 Å². The van der Waals surface area contributed by atoms with E-state index in [1.54, 1.807) is 20.8 Å². The fourth-order valence-corrected chi connectivity index (χ4v) is 1.81. The van der Waals surface area contributed by atoms with Gasteiger partial charge in [0.25, 0.3) is 0 Å². The van der Waals surface area contributed by atoms with Crippen molar-refractivity contribution in [3.63, 3.8) is 0 Å². The maximum absolute atomic E-state index is 11.8. The first-order valence-electron chi connectivity index (χ1n) is 7.03. The molecule has 0 bridgehead atoms. The molecular weight excluding hydrogens is 320 g/mol. The third-order valence-electron chi connectivity index (χ3n) is 2.92. The van der Waals surface area contributed by atoms with Gasteiger partial charge in [-0.15, -0.1) is 0 Å². The highest BCUT2D eigenvalue weighted by atomic mass is 16.6. The average molecular weight is 342 g/mol. The summed E-state index contributed by atoms with van der Waals surface area (Å²) in [6.45, 7) is 5.00. The third-order valence-corrected chi connectivity index (χ3v) is 2.92. The summed E-state index contributed by atoms with van der Waals surface area (Å²) in [5.41, 5.74) is 4.57. The number of amides is 1. The number of aliphatic hydroxyl groups is 1. The predicted octanol–water partition coefficient (Wildman–Crippen LogP) is 1.19. The Labute approximate surface area is 139 Å². The Balaban J connectivity index is 3.18. The van der Waals surface area contributed by atoms with Crippen LogP contribution in [0.2, 0.25) is 0 Å². The fraction of sp³-hybridized carbons (Fsp3) is 0.467. The molecule has 0 saturated heterocycles. The van der Waals surface area contributed by atoms with Gasteiger partial charge >= 0.3 is 12.1 Å². The van der Waals surface area contributed by atoms with Crippen molar-refractivity contribution in [2.45, 2.75) is 38.5 Å². The number of carbonyl (C=O) groups is 2. The Morgan fingerprint density at radius 1 is 1.29 bits per heavy atom. The molecule has 1 amide bonds. The lowest BCUT2D eigenvalue weighted by atomic mass is 10.0. The molecule has 0 saturated carbocycles. The Hall–Kier alpha value is -2.52. The first kappa shape index (κ1) is 19.5. The first-order chi connectivity index (χ1) is 11.0. The minimum absolute atomic E-state index is 0.0469. The van der Waals surface area contributed by atoms with Gasteiger partial charge in [0.1, 0.15) is 17.7 Å². The smallest absolute Gasteiger partial charge is 0.412 e. The molecule has 9 nitrogen and oxygen atoms in total. The van der Waals surface area contributed by atoms with Gasteiger partial charge in [-0.1, -0.05) is 0 Å². The van der Waals surface area contributed by atoms with Crippen LogP contribution in [0, 0.1) is 0 Å². The number of methoxy groups -OCH3 is 1. The van der Waals surface area contributed by atoms with Gasteiger partial charge in [0.15, 0.2) is 11.5 Å². The molecule has 0 spiro atoms. The van der Waals surface area contributed by atoms with Crippen molar-refractivity contribution >= 4 is 17.7 Å². The lowest BCUT2D eigenvalue weighted by Gasteiger charge is -2.21. The number of carbonyl (C=O) groups excluding carboxylic acids is 1. The second-order valence-electron chi connectivity index (χ2n) is 6.06. The van der Waals surface area contributed by atoms with E-state index in [-0.39, 0.29) is 17.0 Å². The number of aliphatic carboxylic acids is 1. The molecule has 0 aromatic heterocycles. The number of phenolic OH excluding ortho intramolecular Hbond substituents is 1. The molecule has 0 radical (unpaired) electrons. The van der Waals surface area contributed by atoms with Crippen molar-refractivity contribution < 1.29 is 34.4 Å². The number of aliphatic hydroxyl groups excluding tert-OH is 1. The zero-order chi connectivity index (χ0) is 18.7. The Morgan fingerprint density at radius 3 is 2.33 bits per heavy atom. The highest BCUT2D eigenvalue weighted by Gasteiger charge is 2.26. The number of nitrogens with two attached hydrogens (primary N) is 1. The maximum atomic E-state index is 11.8. The van der Waals surface area contributed by atoms with Crippen LogP contribution in [-0.2, 0) is 9.53 Å². The topological polar surface area (TPSA) is 151 Å². The number of benzene rings is 1. The molecule has 0 fully saturated rings. The normalized spacial score (nSPS) is 13.8. The quantitative estimate of drug-likeness (QED) is 0.500. The van der Waals surface area contributed by atoms with E-state index >= 15 is 0 Å². The molecule has 24 heavy (non-hydrogen) atoms. The molecular formula is C15H22N2O7. The van der Waals surface area contributed by atoms with Crippen LogP contribution in [0.1, 0.15) is 32.4 Å². The van der Waals surface area contributed by atoms with Gasteiger partial charge in [0.2, 0.25) is 0 Å². The summed E-state index contributed by atoms with van der Waals surface area (Å²) in [5.74, 6) is -1.88. The zero-order valence-corrected chi connectivity index (χ0v) is 13.9. The van der Waals surface area contributed by atoms with Crippen molar-refractivity contribution in [3.05, 3.63) is 17.7 Å². The second kappa shape index (κ2) is 7.37. The van der Waals surface area contributed by atoms with E-state index in [4.69, 9.17) is 20.3 Å². The van der Waals surface area contributed by atoms with Crippen molar-refractivity contribution in [1.82, 2.24) is 0 Å². The summed E-state index contributed by atoms with van der Waals surface area (Å²) < 4.78 is 10.0. The number of aromatic hydroxyl groups is 1. The van der Waals surface area contributed by atoms with Crippen molar-refractivity contribution in [2.75, 3.05) is 12.4 Å². The number of hydrogen-bond acceptors (Lipinski definition) is 7. The lowest BCUT2D eigenvalue weighted by Crippen LogP contribution is -2.36. The molecule has 1 rings (SSSR count). The highest BCUT2D eigenvalue weighted by Crippen LogP contribution is 2.38. The van der Waals surface area contributed by atoms with Gasteiger partial charge < -0.3 is 30.5 Å². The molecule has 1 aromatic carbocycles. The average Bonchev–Trinajstić information content (AvgIpc) is 2.45. The molecule has 134 valence electrons. The van der Waals surface area contributed by atoms with Crippen LogP contribution >= 0.6 is 0 Å². The molecule has 0 aliphatic heterocycles. The summed E-state index contributed by atoms with van der Waals surface area (Å²) in [7, 11) is 1.26. The number of anilines is 1. The number of phenols is 1. The SMILES string of the molecule is COc1cc(C(O)C(N)C(=O)O)cc(NC(=O)OC(C)(C)C)c1O. The molecule has 0 aliphatic rings. The Bertz CT molecular complexity index is 625. The minimum atomic E-state index is -1.59. The number of rotatable bonds is 5. The van der Waals surface area contributed by atoms with Crippen LogP contribution in [-0.4, -0.2) is 46.1 Å². The monoisotopic (exact) mass is 342 g/mol. The predicted molar refractivity (Wildman–Crippen MR) is 85.1 cm³/mol. The maximum Gasteiger partial charge on any atom is 0.412 e. The largest absolute Gasteiger partial charge is 0.503 e. The van der Waals surface area contributed by atoms with E-state index in [0.29, 0.717) is 0 Å². The summed E-state index contributed by atoms with van der Waals surface area (Å²) in [6, 6.07) is 0.826. The Kier molecular flexibility index (Phi) is 5.99. The van der Waals surface area contributed by atoms with E-state index in [2.05, 4.69) is 5.32 Å². The van der Waals surface area contributed by atoms with E-state index in [9.17, 15) is 19.8 Å². The second-order valence-corrected chi connectivity index (χ2v) is 6.06. The van der Waals surface area contributed by atoms with Gasteiger partial charge in [0.05, 0.1) is 12.8 Å². The number of hydrogen-bond donors (Lipinski definition) is 5. The van der Waals surface area contributed by atoms with Crippen LogP contribution in [0.4, 0.5) is 10.5 Å². The summed E-state index contributed by atoms with van der Waals surface area (Å²) in [6.07, 6.45) is -2.41. The molecule has 6 N–H and O–H groups in total. The first-order valence-corrected chi connectivity index (χ1v) is 7.03. The van der Waals surface area contributed by atoms with Gasteiger partial charge in [-0.05, 0) is 38.5 Å². The molecule has 1 aromatic rings. The molecule has 2 atom stereocenters. The van der Waals surface area contributed by atoms with Gasteiger partial charge in [-0.3, -0.25) is 10.1 Å². The lowest BCUT2D eigenvalue weighted by molar-refractivity contribution is -0.141. The summed E-state index contributed by atoms with van der Waals surface area (Å²) in [5, 5.41) is 31.3. The molecule has 9 heteroatoms. The molecule has 0 aliphatic carbocycles. The molecule has 2 unspecified atom stereocenters. The highest BCUT2D eigenvalue weighted by molar-refractivity contribution is 5.88. The van der Waals surface area contributed by atoms with E-state index in [1.165, 1.54) is 19.2 Å². The standard InChI is InChI=1S/C15H22N2O7/c1-15(2,3)24-14(22)17-8-5-7(6-9(23-4)12(8)19)11(18)10(16)13(20)21/h5-6,10-11,18-19H,16H2,1-4H3,(H,17,22)(H,20,21). The van der Waals surface area contributed by atoms with Crippen LogP contribution in [0.5, 0.6) is 11.5 Å². The number of carboxylic acids is 1. The number of carboxylic acid groups (broad SMARTS) is 1. The Morgan fingerprint density at radius 2 is 1.88 bits per heavy atom. The van der Waals surface area contributed by atoms with E-state index in [0.717, 1.165) is 0 Å². The van der Waals surface area contributed by atoms with E-state index in [1.807, 2.05) is 0 Å². The number of ether oxygens (including phenoxy) is 2. The molecule has 0 heterocycles. The summed E-state index contributed by atoms with van der Waals surface area (Å²) >= 11 is 0. The van der Waals surface area contributed by atoms with Crippen LogP contribution in [0.3, 0.4) is 0 Å².